The van der Waals surface area contributed by atoms with Gasteiger partial charge in [0.05, 0.1) is 17.0 Å². The molecule has 0 fully saturated rings. The van der Waals surface area contributed by atoms with Gasteiger partial charge in [0.1, 0.15) is 17.6 Å². The molecule has 216 valence electrons. The van der Waals surface area contributed by atoms with E-state index in [9.17, 15) is 9.90 Å². The molecule has 2 aliphatic heterocycles. The van der Waals surface area contributed by atoms with E-state index >= 15 is 0 Å². The van der Waals surface area contributed by atoms with Crippen LogP contribution in [0.3, 0.4) is 0 Å². The summed E-state index contributed by atoms with van der Waals surface area (Å²) in [5, 5.41) is 27.2. The number of nitrogens with zero attached hydrogens (tertiary/aromatic N) is 6. The highest BCUT2D eigenvalue weighted by molar-refractivity contribution is 6.30. The summed E-state index contributed by atoms with van der Waals surface area (Å²) in [5.41, 5.74) is 6.74. The number of aliphatic hydroxyl groups excluding tert-OH is 1. The third kappa shape index (κ3) is 4.79. The van der Waals surface area contributed by atoms with Crippen LogP contribution in [0.1, 0.15) is 54.1 Å². The first-order valence-corrected chi connectivity index (χ1v) is 14.9. The van der Waals surface area contributed by atoms with Gasteiger partial charge >= 0.3 is 0 Å². The highest BCUT2D eigenvalue weighted by Crippen LogP contribution is 2.45. The van der Waals surface area contributed by atoms with Crippen LogP contribution in [0.25, 0.3) is 28.1 Å². The highest BCUT2D eigenvalue weighted by atomic mass is 35.5. The Morgan fingerprint density at radius 1 is 1.02 bits per heavy atom. The van der Waals surface area contributed by atoms with Gasteiger partial charge in [0.25, 0.3) is 5.91 Å². The van der Waals surface area contributed by atoms with Crippen molar-refractivity contribution < 1.29 is 9.90 Å². The Bertz CT molecular complexity index is 1830. The first kappa shape index (κ1) is 27.1. The molecule has 1 unspecified atom stereocenters. The van der Waals surface area contributed by atoms with Gasteiger partial charge in [0.15, 0.2) is 0 Å². The number of aromatic amines is 1. The average molecular weight is 592 g/mol. The van der Waals surface area contributed by atoms with Crippen LogP contribution in [0.15, 0.2) is 78.6 Å². The lowest BCUT2D eigenvalue weighted by molar-refractivity contribution is -0.126. The zero-order valence-electron chi connectivity index (χ0n) is 23.7. The average Bonchev–Trinajstić information content (AvgIpc) is 3.75. The van der Waals surface area contributed by atoms with E-state index in [4.69, 9.17) is 16.6 Å². The largest absolute Gasteiger partial charge is 0.509 e. The van der Waals surface area contributed by atoms with E-state index < -0.39 is 6.04 Å². The van der Waals surface area contributed by atoms with Crippen molar-refractivity contribution in [1.29, 1.82) is 0 Å². The van der Waals surface area contributed by atoms with Gasteiger partial charge in [-0.3, -0.25) is 4.79 Å². The molecule has 1 atom stereocenters. The van der Waals surface area contributed by atoms with E-state index in [1.165, 1.54) is 0 Å². The second-order valence-electron chi connectivity index (χ2n) is 10.9. The van der Waals surface area contributed by atoms with Crippen molar-refractivity contribution in [3.05, 3.63) is 112 Å². The Balaban J connectivity index is 1.34. The summed E-state index contributed by atoms with van der Waals surface area (Å²) in [6.45, 7) is 3.18. The fourth-order valence-corrected chi connectivity index (χ4v) is 6.37. The first-order valence-electron chi connectivity index (χ1n) is 14.5. The maximum Gasteiger partial charge on any atom is 0.258 e. The number of rotatable bonds is 8. The van der Waals surface area contributed by atoms with Gasteiger partial charge in [-0.1, -0.05) is 79.5 Å². The van der Waals surface area contributed by atoms with Gasteiger partial charge in [0, 0.05) is 36.5 Å². The molecule has 43 heavy (non-hydrogen) atoms. The number of amides is 1. The summed E-state index contributed by atoms with van der Waals surface area (Å²) in [4.78, 5) is 20.5. The number of tetrazole rings is 1. The Morgan fingerprint density at radius 2 is 1.84 bits per heavy atom. The van der Waals surface area contributed by atoms with Crippen LogP contribution in [-0.4, -0.2) is 52.6 Å². The van der Waals surface area contributed by atoms with E-state index in [0.29, 0.717) is 41.5 Å². The maximum atomic E-state index is 13.7. The molecule has 5 aromatic rings. The third-order valence-electron chi connectivity index (χ3n) is 8.29. The quantitative estimate of drug-likeness (QED) is 0.223. The second kappa shape index (κ2) is 11.1. The lowest BCUT2D eigenvalue weighted by Crippen LogP contribution is -2.37. The molecule has 0 spiro atoms. The number of nitrogens with one attached hydrogen (secondary N) is 1. The minimum Gasteiger partial charge on any atom is -0.509 e. The van der Waals surface area contributed by atoms with Crippen molar-refractivity contribution >= 4 is 23.1 Å². The van der Waals surface area contributed by atoms with Gasteiger partial charge in [-0.15, -0.1) is 10.2 Å². The summed E-state index contributed by atoms with van der Waals surface area (Å²) >= 11 is 6.11. The molecule has 0 radical (unpaired) electrons. The summed E-state index contributed by atoms with van der Waals surface area (Å²) in [6.07, 6.45) is 3.46. The second-order valence-corrected chi connectivity index (χ2v) is 11.4. The molecule has 9 nitrogen and oxygen atoms in total. The number of hydrogen-bond acceptors (Lipinski definition) is 6. The summed E-state index contributed by atoms with van der Waals surface area (Å²) in [5.74, 6) is 1.36. The maximum absolute atomic E-state index is 13.7. The predicted molar refractivity (Wildman–Crippen MR) is 164 cm³/mol. The van der Waals surface area contributed by atoms with Gasteiger partial charge < -0.3 is 14.6 Å². The Morgan fingerprint density at radius 3 is 2.58 bits per heavy atom. The molecule has 0 bridgehead atoms. The van der Waals surface area contributed by atoms with Crippen LogP contribution in [0.5, 0.6) is 0 Å². The van der Waals surface area contributed by atoms with E-state index in [0.717, 1.165) is 58.7 Å². The Labute approximate surface area is 253 Å². The molecule has 2 aliphatic rings. The van der Waals surface area contributed by atoms with Crippen molar-refractivity contribution in [2.45, 2.75) is 45.2 Å². The number of H-pyrrole nitrogens is 1. The van der Waals surface area contributed by atoms with Crippen LogP contribution in [0.2, 0.25) is 5.02 Å². The highest BCUT2D eigenvalue weighted by Gasteiger charge is 2.46. The Kier molecular flexibility index (Phi) is 7.02. The zero-order valence-corrected chi connectivity index (χ0v) is 24.4. The SMILES string of the molecule is CCCCc1nc2c(n1Cc1ccc(-c3ccccc3)c(-c3nn[nH]n3)c1)C1C(O)=C(c3ccc(Cl)cc3)C(=O)N1CC2. The summed E-state index contributed by atoms with van der Waals surface area (Å²) < 4.78 is 2.20. The van der Waals surface area contributed by atoms with Gasteiger partial charge in [-0.25, -0.2) is 4.98 Å². The number of aryl methyl sites for hydroxylation is 1. The molecule has 2 N–H and O–H groups in total. The number of carbonyl (C=O) groups is 1. The summed E-state index contributed by atoms with van der Waals surface area (Å²) in [6, 6.07) is 22.9. The predicted octanol–water partition coefficient (Wildman–Crippen LogP) is 6.18. The molecule has 0 aliphatic carbocycles. The molecular weight excluding hydrogens is 562 g/mol. The molecular formula is C33H30ClN7O2. The number of fused-ring (bicyclic) bond motifs is 3. The fourth-order valence-electron chi connectivity index (χ4n) is 6.24. The molecule has 0 saturated carbocycles. The van der Waals surface area contributed by atoms with Crippen LogP contribution in [-0.2, 0) is 24.2 Å². The number of halogens is 1. The van der Waals surface area contributed by atoms with Gasteiger partial charge in [-0.2, -0.15) is 5.21 Å². The molecule has 7 rings (SSSR count). The number of aliphatic hydroxyl groups is 1. The van der Waals surface area contributed by atoms with Crippen LogP contribution in [0, 0.1) is 0 Å². The van der Waals surface area contributed by atoms with Crippen LogP contribution < -0.4 is 0 Å². The van der Waals surface area contributed by atoms with Gasteiger partial charge in [-0.05, 0) is 52.1 Å². The minimum atomic E-state index is -0.593. The van der Waals surface area contributed by atoms with Crippen molar-refractivity contribution in [2.24, 2.45) is 0 Å². The van der Waals surface area contributed by atoms with Crippen molar-refractivity contribution in [1.82, 2.24) is 35.1 Å². The van der Waals surface area contributed by atoms with E-state index in [1.54, 1.807) is 29.2 Å². The molecule has 4 heterocycles. The third-order valence-corrected chi connectivity index (χ3v) is 8.55. The van der Waals surface area contributed by atoms with E-state index in [-0.39, 0.29) is 11.7 Å². The topological polar surface area (TPSA) is 113 Å². The molecule has 10 heteroatoms. The summed E-state index contributed by atoms with van der Waals surface area (Å²) in [7, 11) is 0. The van der Waals surface area contributed by atoms with E-state index in [2.05, 4.69) is 62.4 Å². The number of hydrogen-bond donors (Lipinski definition) is 2. The number of imidazole rings is 1. The fraction of sp³-hybridized carbons (Fsp3) is 0.242. The monoisotopic (exact) mass is 591 g/mol. The van der Waals surface area contributed by atoms with Crippen molar-refractivity contribution in [3.63, 3.8) is 0 Å². The van der Waals surface area contributed by atoms with Crippen molar-refractivity contribution in [2.75, 3.05) is 6.54 Å². The lowest BCUT2D eigenvalue weighted by atomic mass is 9.96. The van der Waals surface area contributed by atoms with Gasteiger partial charge in [0.2, 0.25) is 5.82 Å². The standard InChI is InChI=1S/C33H30ClN7O2/c1-2-3-9-27-35-26-16-17-40-30(31(42)28(33(40)43)22-11-13-23(34)14-12-22)29(26)41(27)19-20-10-15-24(21-7-5-4-6-8-21)25(18-20)32-36-38-39-37-32/h4-8,10-15,18,30,42H,2-3,9,16-17,19H2,1H3,(H,36,37,38,39). The lowest BCUT2D eigenvalue weighted by Gasteiger charge is -2.31. The molecule has 2 aromatic heterocycles. The normalized spacial score (nSPS) is 16.1. The van der Waals surface area contributed by atoms with Crippen molar-refractivity contribution in [3.8, 4) is 22.5 Å². The number of benzene rings is 3. The van der Waals surface area contributed by atoms with Crippen LogP contribution >= 0.6 is 11.6 Å². The Hall–Kier alpha value is -4.76. The molecule has 1 amide bonds. The number of aromatic nitrogens is 6. The first-order chi connectivity index (χ1) is 21.0. The number of carbonyl (C=O) groups excluding carboxylic acids is 1. The van der Waals surface area contributed by atoms with Crippen LogP contribution in [0.4, 0.5) is 0 Å². The van der Waals surface area contributed by atoms with E-state index in [1.807, 2.05) is 18.2 Å². The molecule has 3 aromatic carbocycles. The number of unbranched alkanes of at least 4 members (excludes halogenated alkanes) is 1. The smallest absolute Gasteiger partial charge is 0.258 e. The zero-order chi connectivity index (χ0) is 29.5. The minimum absolute atomic E-state index is 0.0587. The molecule has 0 saturated heterocycles.